The number of hydrogen-bond acceptors (Lipinski definition) is 4. The van der Waals surface area contributed by atoms with Gasteiger partial charge in [0.1, 0.15) is 0 Å². The molecular formula is C9H12N4O2S. The molecule has 0 saturated heterocycles. The third kappa shape index (κ3) is 4.11. The van der Waals surface area contributed by atoms with Crippen LogP contribution in [0.4, 0.5) is 5.69 Å². The summed E-state index contributed by atoms with van der Waals surface area (Å²) in [6.07, 6.45) is 5.08. The van der Waals surface area contributed by atoms with Gasteiger partial charge in [0.15, 0.2) is 0 Å². The van der Waals surface area contributed by atoms with Gasteiger partial charge in [0.2, 0.25) is 10.0 Å². The molecule has 0 bridgehead atoms. The number of nitrogens with zero attached hydrogens (tertiary/aromatic N) is 1. The fourth-order valence-corrected chi connectivity index (χ4v) is 1.39. The van der Waals surface area contributed by atoms with E-state index in [9.17, 15) is 8.42 Å². The minimum atomic E-state index is -3.58. The van der Waals surface area contributed by atoms with Gasteiger partial charge in [-0.15, -0.1) is 0 Å². The lowest BCUT2D eigenvalue weighted by Gasteiger charge is -1.96. The van der Waals surface area contributed by atoms with Gasteiger partial charge in [-0.25, -0.2) is 18.5 Å². The van der Waals surface area contributed by atoms with Gasteiger partial charge in [-0.1, -0.05) is 0 Å². The second-order valence-corrected chi connectivity index (χ2v) is 4.44. The zero-order chi connectivity index (χ0) is 12.0. The predicted molar refractivity (Wildman–Crippen MR) is 60.8 cm³/mol. The largest absolute Gasteiger partial charge is 0.399 e. The molecule has 7 heteroatoms. The molecule has 1 heterocycles. The number of benzene rings is 1. The molecule has 2 aromatic rings. The molecule has 5 N–H and O–H groups in total. The van der Waals surface area contributed by atoms with E-state index in [0.717, 1.165) is 0 Å². The maximum atomic E-state index is 10.7. The van der Waals surface area contributed by atoms with Gasteiger partial charge in [-0.3, -0.25) is 0 Å². The Labute approximate surface area is 93.4 Å². The van der Waals surface area contributed by atoms with Crippen molar-refractivity contribution in [3.8, 4) is 0 Å². The average Bonchev–Trinajstić information content (AvgIpc) is 2.74. The molecule has 0 atom stereocenters. The second kappa shape index (κ2) is 5.29. The Balaban J connectivity index is 0.000000212. The minimum absolute atomic E-state index is 0.0756. The van der Waals surface area contributed by atoms with Crippen molar-refractivity contribution in [2.45, 2.75) is 4.90 Å². The molecule has 86 valence electrons. The Hall–Kier alpha value is -1.86. The Bertz CT molecular complexity index is 488. The number of anilines is 1. The van der Waals surface area contributed by atoms with E-state index in [2.05, 4.69) is 9.97 Å². The van der Waals surface area contributed by atoms with E-state index in [0.29, 0.717) is 5.69 Å². The smallest absolute Gasteiger partial charge is 0.238 e. The summed E-state index contributed by atoms with van der Waals surface area (Å²) >= 11 is 0. The van der Waals surface area contributed by atoms with E-state index < -0.39 is 10.0 Å². The van der Waals surface area contributed by atoms with Crippen molar-refractivity contribution >= 4 is 15.7 Å². The van der Waals surface area contributed by atoms with E-state index in [4.69, 9.17) is 10.9 Å². The van der Waals surface area contributed by atoms with Gasteiger partial charge in [0.25, 0.3) is 0 Å². The van der Waals surface area contributed by atoms with Crippen LogP contribution in [0, 0.1) is 0 Å². The summed E-state index contributed by atoms with van der Waals surface area (Å²) in [5.41, 5.74) is 5.85. The van der Waals surface area contributed by atoms with Gasteiger partial charge in [0, 0.05) is 18.1 Å². The van der Waals surface area contributed by atoms with Crippen molar-refractivity contribution in [3.63, 3.8) is 0 Å². The summed E-state index contributed by atoms with van der Waals surface area (Å²) < 4.78 is 21.4. The quantitative estimate of drug-likeness (QED) is 0.623. The number of imidazole rings is 1. The van der Waals surface area contributed by atoms with E-state index in [1.165, 1.54) is 24.3 Å². The zero-order valence-electron chi connectivity index (χ0n) is 8.37. The first kappa shape index (κ1) is 12.2. The Morgan fingerprint density at radius 2 is 1.81 bits per heavy atom. The first-order valence-corrected chi connectivity index (χ1v) is 5.86. The molecule has 0 unspecified atom stereocenters. The normalized spacial score (nSPS) is 10.3. The number of nitrogens with two attached hydrogens (primary N) is 2. The number of nitrogens with one attached hydrogen (secondary N) is 1. The summed E-state index contributed by atoms with van der Waals surface area (Å²) in [5.74, 6) is 0. The average molecular weight is 240 g/mol. The number of aromatic nitrogens is 2. The number of aromatic amines is 1. The van der Waals surface area contributed by atoms with Crippen molar-refractivity contribution in [2.75, 3.05) is 5.73 Å². The number of nitrogen functional groups attached to an aromatic ring is 1. The first-order valence-electron chi connectivity index (χ1n) is 4.31. The highest BCUT2D eigenvalue weighted by Gasteiger charge is 2.04. The van der Waals surface area contributed by atoms with Crippen LogP contribution >= 0.6 is 0 Å². The first-order chi connectivity index (χ1) is 7.50. The lowest BCUT2D eigenvalue weighted by atomic mass is 10.3. The van der Waals surface area contributed by atoms with E-state index in [1.54, 1.807) is 18.7 Å². The Morgan fingerprint density at radius 1 is 1.19 bits per heavy atom. The zero-order valence-corrected chi connectivity index (χ0v) is 9.18. The van der Waals surface area contributed by atoms with Crippen molar-refractivity contribution in [2.24, 2.45) is 5.14 Å². The van der Waals surface area contributed by atoms with Crippen molar-refractivity contribution < 1.29 is 8.42 Å². The number of hydrogen-bond donors (Lipinski definition) is 3. The van der Waals surface area contributed by atoms with Crippen molar-refractivity contribution in [3.05, 3.63) is 43.0 Å². The minimum Gasteiger partial charge on any atom is -0.399 e. The fourth-order valence-electron chi connectivity index (χ4n) is 0.873. The molecule has 6 nitrogen and oxygen atoms in total. The lowest BCUT2D eigenvalue weighted by molar-refractivity contribution is 0.598. The number of rotatable bonds is 1. The van der Waals surface area contributed by atoms with Crippen molar-refractivity contribution in [1.82, 2.24) is 9.97 Å². The topological polar surface area (TPSA) is 115 Å². The molecule has 2 rings (SSSR count). The molecule has 0 amide bonds. The molecule has 16 heavy (non-hydrogen) atoms. The van der Waals surface area contributed by atoms with Crippen LogP contribution < -0.4 is 10.9 Å². The van der Waals surface area contributed by atoms with Crippen LogP contribution in [0.15, 0.2) is 47.9 Å². The number of sulfonamides is 1. The van der Waals surface area contributed by atoms with Crippen LogP contribution in [-0.2, 0) is 10.0 Å². The highest BCUT2D eigenvalue weighted by molar-refractivity contribution is 7.89. The van der Waals surface area contributed by atoms with Crippen molar-refractivity contribution in [1.29, 1.82) is 0 Å². The van der Waals surface area contributed by atoms with Gasteiger partial charge < -0.3 is 10.7 Å². The van der Waals surface area contributed by atoms with Crippen LogP contribution in [0.25, 0.3) is 0 Å². The SMILES string of the molecule is Nc1ccc(S(N)(=O)=O)cc1.c1c[nH]cn1. The number of H-pyrrole nitrogens is 1. The Kier molecular flexibility index (Phi) is 4.03. The predicted octanol–water partition coefficient (Wildman–Crippen LogP) is 0.326. The van der Waals surface area contributed by atoms with E-state index >= 15 is 0 Å². The molecule has 0 radical (unpaired) electrons. The third-order valence-corrected chi connectivity index (χ3v) is 2.54. The lowest BCUT2D eigenvalue weighted by Crippen LogP contribution is -2.11. The highest BCUT2D eigenvalue weighted by Crippen LogP contribution is 2.08. The molecule has 0 saturated carbocycles. The van der Waals surface area contributed by atoms with Crippen LogP contribution in [0.3, 0.4) is 0 Å². The summed E-state index contributed by atoms with van der Waals surface area (Å²) in [6, 6.07) is 5.70. The molecule has 0 spiro atoms. The summed E-state index contributed by atoms with van der Waals surface area (Å²) in [4.78, 5) is 6.49. The monoisotopic (exact) mass is 240 g/mol. The molecule has 1 aromatic carbocycles. The van der Waals surface area contributed by atoms with Crippen LogP contribution in [-0.4, -0.2) is 18.4 Å². The van der Waals surface area contributed by atoms with Gasteiger partial charge >= 0.3 is 0 Å². The Morgan fingerprint density at radius 3 is 2.12 bits per heavy atom. The molecule has 0 aliphatic heterocycles. The molecule has 0 fully saturated rings. The van der Waals surface area contributed by atoms with Crippen LogP contribution in [0.1, 0.15) is 0 Å². The van der Waals surface area contributed by atoms with E-state index in [1.807, 2.05) is 0 Å². The maximum Gasteiger partial charge on any atom is 0.238 e. The van der Waals surface area contributed by atoms with Gasteiger partial charge in [-0.2, -0.15) is 0 Å². The molecule has 0 aliphatic rings. The van der Waals surface area contributed by atoms with Crippen LogP contribution in [0.2, 0.25) is 0 Å². The van der Waals surface area contributed by atoms with E-state index in [-0.39, 0.29) is 4.90 Å². The molecular weight excluding hydrogens is 228 g/mol. The molecule has 0 aliphatic carbocycles. The highest BCUT2D eigenvalue weighted by atomic mass is 32.2. The maximum absolute atomic E-state index is 10.7. The molecule has 1 aromatic heterocycles. The number of primary sulfonamides is 1. The second-order valence-electron chi connectivity index (χ2n) is 2.87. The van der Waals surface area contributed by atoms with Crippen LogP contribution in [0.5, 0.6) is 0 Å². The standard InChI is InChI=1S/C6H8N2O2S.C3H4N2/c7-5-1-3-6(4-2-5)11(8,9)10;1-2-5-3-4-1/h1-4H,7H2,(H2,8,9,10);1-3H,(H,4,5). The van der Waals surface area contributed by atoms with Gasteiger partial charge in [-0.05, 0) is 24.3 Å². The summed E-state index contributed by atoms with van der Waals surface area (Å²) in [6.45, 7) is 0. The van der Waals surface area contributed by atoms with Gasteiger partial charge in [0.05, 0.1) is 11.2 Å². The summed E-state index contributed by atoms with van der Waals surface area (Å²) in [5, 5.41) is 4.84. The third-order valence-electron chi connectivity index (χ3n) is 1.61. The fraction of sp³-hybridized carbons (Fsp3) is 0. The summed E-state index contributed by atoms with van der Waals surface area (Å²) in [7, 11) is -3.58.